The number of hydrogen-bond donors (Lipinski definition) is 2. The van der Waals surface area contributed by atoms with Crippen molar-refractivity contribution >= 4 is 15.9 Å². The summed E-state index contributed by atoms with van der Waals surface area (Å²) in [5.41, 5.74) is -0.172. The predicted molar refractivity (Wildman–Crippen MR) is 76.7 cm³/mol. The smallest absolute Gasteiger partial charge is 0.243 e. The minimum Gasteiger partial charge on any atom is -0.354 e. The summed E-state index contributed by atoms with van der Waals surface area (Å²) in [5.74, 6) is -0.223. The summed E-state index contributed by atoms with van der Waals surface area (Å²) >= 11 is 0. The predicted octanol–water partition coefficient (Wildman–Crippen LogP) is 0.536. The van der Waals surface area contributed by atoms with E-state index in [1.54, 1.807) is 6.07 Å². The molecule has 0 spiro atoms. The van der Waals surface area contributed by atoms with E-state index in [1.165, 1.54) is 18.3 Å². The van der Waals surface area contributed by atoms with E-state index in [2.05, 4.69) is 15.0 Å². The zero-order valence-electron chi connectivity index (χ0n) is 12.0. The number of hydrogen-bond acceptors (Lipinski definition) is 5. The molecule has 0 aliphatic heterocycles. The van der Waals surface area contributed by atoms with E-state index in [0.717, 1.165) is 6.42 Å². The van der Waals surface area contributed by atoms with Crippen molar-refractivity contribution in [1.29, 1.82) is 5.26 Å². The van der Waals surface area contributed by atoms with Gasteiger partial charge in [0.25, 0.3) is 0 Å². The van der Waals surface area contributed by atoms with Crippen LogP contribution in [-0.4, -0.2) is 31.9 Å². The van der Waals surface area contributed by atoms with Crippen LogP contribution in [0, 0.1) is 11.3 Å². The zero-order valence-corrected chi connectivity index (χ0v) is 12.8. The van der Waals surface area contributed by atoms with Crippen LogP contribution in [0.3, 0.4) is 0 Å². The Morgan fingerprint density at radius 3 is 2.86 bits per heavy atom. The number of pyridine rings is 1. The van der Waals surface area contributed by atoms with E-state index >= 15 is 0 Å². The number of nitrogens with zero attached hydrogens (tertiary/aromatic N) is 2. The van der Waals surface area contributed by atoms with Crippen molar-refractivity contribution in [2.24, 2.45) is 0 Å². The Morgan fingerprint density at radius 1 is 1.52 bits per heavy atom. The monoisotopic (exact) mass is 310 g/mol. The molecule has 0 bridgehead atoms. The van der Waals surface area contributed by atoms with Crippen molar-refractivity contribution in [3.63, 3.8) is 0 Å². The van der Waals surface area contributed by atoms with E-state index in [4.69, 9.17) is 5.26 Å². The van der Waals surface area contributed by atoms with Crippen LogP contribution < -0.4 is 10.0 Å². The SMILES string of the molecule is CCC(C)NC(=O)CCNS(=O)(=O)c1cccnc1C#N. The standard InChI is InChI=1S/C13H18N4O3S/c1-3-10(2)17-13(18)6-8-16-21(19,20)12-5-4-7-15-11(12)9-14/h4-5,7,10,16H,3,6,8H2,1-2H3,(H,17,18). The van der Waals surface area contributed by atoms with Gasteiger partial charge in [-0.05, 0) is 25.5 Å². The molecule has 0 saturated heterocycles. The molecule has 21 heavy (non-hydrogen) atoms. The van der Waals surface area contributed by atoms with Gasteiger partial charge in [-0.15, -0.1) is 0 Å². The molecule has 1 unspecified atom stereocenters. The van der Waals surface area contributed by atoms with Crippen LogP contribution in [0.2, 0.25) is 0 Å². The molecule has 0 fully saturated rings. The zero-order chi connectivity index (χ0) is 15.9. The van der Waals surface area contributed by atoms with Gasteiger partial charge in [-0.25, -0.2) is 18.1 Å². The Balaban J connectivity index is 2.62. The highest BCUT2D eigenvalue weighted by molar-refractivity contribution is 7.89. The number of rotatable bonds is 7. The second kappa shape index (κ2) is 7.71. The number of nitriles is 1. The molecule has 1 rings (SSSR count). The minimum absolute atomic E-state index is 0.0335. The van der Waals surface area contributed by atoms with Gasteiger partial charge < -0.3 is 5.32 Å². The van der Waals surface area contributed by atoms with Crippen LogP contribution in [0.1, 0.15) is 32.4 Å². The van der Waals surface area contributed by atoms with E-state index in [0.29, 0.717) is 0 Å². The van der Waals surface area contributed by atoms with E-state index < -0.39 is 10.0 Å². The molecule has 1 amide bonds. The summed E-state index contributed by atoms with van der Waals surface area (Å²) in [6, 6.07) is 4.51. The second-order valence-corrected chi connectivity index (χ2v) is 6.22. The lowest BCUT2D eigenvalue weighted by Gasteiger charge is -2.11. The maximum Gasteiger partial charge on any atom is 0.243 e. The molecule has 7 nitrogen and oxygen atoms in total. The molecule has 0 saturated carbocycles. The summed E-state index contributed by atoms with van der Waals surface area (Å²) < 4.78 is 26.4. The van der Waals surface area contributed by atoms with Gasteiger partial charge in [0, 0.05) is 25.2 Å². The van der Waals surface area contributed by atoms with Gasteiger partial charge in [0.1, 0.15) is 11.0 Å². The van der Waals surface area contributed by atoms with Crippen LogP contribution in [-0.2, 0) is 14.8 Å². The molecule has 1 heterocycles. The Morgan fingerprint density at radius 2 is 2.24 bits per heavy atom. The van der Waals surface area contributed by atoms with Gasteiger partial charge in [-0.2, -0.15) is 5.26 Å². The molecule has 8 heteroatoms. The molecule has 0 radical (unpaired) electrons. The van der Waals surface area contributed by atoms with E-state index in [1.807, 2.05) is 13.8 Å². The lowest BCUT2D eigenvalue weighted by Crippen LogP contribution is -2.35. The minimum atomic E-state index is -3.85. The summed E-state index contributed by atoms with van der Waals surface area (Å²) in [7, 11) is -3.85. The third-order valence-corrected chi connectivity index (χ3v) is 4.32. The fourth-order valence-electron chi connectivity index (χ4n) is 1.52. The van der Waals surface area contributed by atoms with Gasteiger partial charge in [0.05, 0.1) is 0 Å². The summed E-state index contributed by atoms with van der Waals surface area (Å²) in [4.78, 5) is 15.1. The molecule has 0 aliphatic carbocycles. The van der Waals surface area contributed by atoms with Crippen LogP contribution in [0.25, 0.3) is 0 Å². The van der Waals surface area contributed by atoms with Crippen molar-refractivity contribution in [1.82, 2.24) is 15.0 Å². The fraction of sp³-hybridized carbons (Fsp3) is 0.462. The van der Waals surface area contributed by atoms with E-state index in [-0.39, 0.29) is 35.5 Å². The highest BCUT2D eigenvalue weighted by Crippen LogP contribution is 2.11. The van der Waals surface area contributed by atoms with Crippen LogP contribution in [0.15, 0.2) is 23.2 Å². The highest BCUT2D eigenvalue weighted by Gasteiger charge is 2.19. The lowest BCUT2D eigenvalue weighted by atomic mass is 10.2. The molecule has 1 atom stereocenters. The highest BCUT2D eigenvalue weighted by atomic mass is 32.2. The molecule has 1 aromatic rings. The molecule has 2 N–H and O–H groups in total. The van der Waals surface area contributed by atoms with Crippen LogP contribution >= 0.6 is 0 Å². The fourth-order valence-corrected chi connectivity index (χ4v) is 2.65. The molecule has 0 aromatic carbocycles. The van der Waals surface area contributed by atoms with Crippen molar-refractivity contribution in [3.05, 3.63) is 24.0 Å². The Labute approximate surface area is 124 Å². The first-order chi connectivity index (χ1) is 9.90. The maximum absolute atomic E-state index is 12.0. The Bertz CT molecular complexity index is 637. The average molecular weight is 310 g/mol. The van der Waals surface area contributed by atoms with Gasteiger partial charge in [0.2, 0.25) is 15.9 Å². The van der Waals surface area contributed by atoms with Crippen molar-refractivity contribution < 1.29 is 13.2 Å². The molecule has 1 aromatic heterocycles. The van der Waals surface area contributed by atoms with Crippen LogP contribution in [0.5, 0.6) is 0 Å². The Hall–Kier alpha value is -1.98. The first-order valence-corrected chi connectivity index (χ1v) is 8.03. The number of carbonyl (C=O) groups is 1. The number of carbonyl (C=O) groups excluding carboxylic acids is 1. The average Bonchev–Trinajstić information content (AvgIpc) is 2.46. The first-order valence-electron chi connectivity index (χ1n) is 6.54. The number of nitrogens with one attached hydrogen (secondary N) is 2. The number of amides is 1. The third-order valence-electron chi connectivity index (χ3n) is 2.83. The van der Waals surface area contributed by atoms with Crippen molar-refractivity contribution in [3.8, 4) is 6.07 Å². The normalized spacial score (nSPS) is 12.4. The summed E-state index contributed by atoms with van der Waals surface area (Å²) in [6.07, 6.45) is 2.18. The third kappa shape index (κ3) is 5.13. The molecular weight excluding hydrogens is 292 g/mol. The molecule has 114 valence electrons. The summed E-state index contributed by atoms with van der Waals surface area (Å²) in [6.45, 7) is 3.78. The first kappa shape index (κ1) is 17.1. The summed E-state index contributed by atoms with van der Waals surface area (Å²) in [5, 5.41) is 11.6. The van der Waals surface area contributed by atoms with E-state index in [9.17, 15) is 13.2 Å². The van der Waals surface area contributed by atoms with Gasteiger partial charge >= 0.3 is 0 Å². The topological polar surface area (TPSA) is 112 Å². The van der Waals surface area contributed by atoms with Gasteiger partial charge in [-0.1, -0.05) is 6.92 Å². The largest absolute Gasteiger partial charge is 0.354 e. The van der Waals surface area contributed by atoms with Crippen molar-refractivity contribution in [2.45, 2.75) is 37.6 Å². The maximum atomic E-state index is 12.0. The second-order valence-electron chi connectivity index (χ2n) is 4.49. The van der Waals surface area contributed by atoms with Gasteiger partial charge in [-0.3, -0.25) is 4.79 Å². The number of aromatic nitrogens is 1. The number of sulfonamides is 1. The Kier molecular flexibility index (Phi) is 6.27. The molecular formula is C13H18N4O3S. The lowest BCUT2D eigenvalue weighted by molar-refractivity contribution is -0.121. The van der Waals surface area contributed by atoms with Gasteiger partial charge in [0.15, 0.2) is 5.69 Å². The van der Waals surface area contributed by atoms with Crippen LogP contribution in [0.4, 0.5) is 0 Å². The quantitative estimate of drug-likeness (QED) is 0.763. The van der Waals surface area contributed by atoms with Crippen molar-refractivity contribution in [2.75, 3.05) is 6.54 Å². The molecule has 0 aliphatic rings.